The number of aromatic nitrogens is 1. The molecule has 0 aliphatic heterocycles. The summed E-state index contributed by atoms with van der Waals surface area (Å²) < 4.78 is 38.4. The lowest BCUT2D eigenvalue weighted by molar-refractivity contribution is -0.138. The van der Waals surface area contributed by atoms with Crippen molar-refractivity contribution in [1.82, 2.24) is 9.99 Å². The Balaban J connectivity index is 2.03. The van der Waals surface area contributed by atoms with Gasteiger partial charge >= 0.3 is 6.18 Å². The number of carbonyl (C=O) groups is 1. The van der Waals surface area contributed by atoms with E-state index in [9.17, 15) is 22.8 Å². The van der Waals surface area contributed by atoms with Crippen molar-refractivity contribution >= 4 is 12.1 Å². The number of pyridine rings is 1. The molecule has 1 aromatic carbocycles. The van der Waals surface area contributed by atoms with Crippen LogP contribution in [0, 0.1) is 0 Å². The van der Waals surface area contributed by atoms with E-state index in [1.54, 1.807) is 24.3 Å². The Bertz CT molecular complexity index is 768. The van der Waals surface area contributed by atoms with Gasteiger partial charge in [0.2, 0.25) is 0 Å². The van der Waals surface area contributed by atoms with Gasteiger partial charge in [0.15, 0.2) is 0 Å². The number of carbonyl (C=O) groups excluding carboxylic acids is 1. The van der Waals surface area contributed by atoms with Crippen LogP contribution in [0.4, 0.5) is 13.2 Å². The van der Waals surface area contributed by atoms with Gasteiger partial charge in [0.1, 0.15) is 6.54 Å². The Morgan fingerprint density at radius 2 is 1.87 bits per heavy atom. The highest BCUT2D eigenvalue weighted by Gasteiger charge is 2.31. The van der Waals surface area contributed by atoms with Crippen molar-refractivity contribution < 1.29 is 18.0 Å². The molecule has 2 aromatic rings. The summed E-state index contributed by atoms with van der Waals surface area (Å²) in [5, 5.41) is 3.68. The minimum absolute atomic E-state index is 0.561. The van der Waals surface area contributed by atoms with Crippen LogP contribution in [0.2, 0.25) is 0 Å². The molecule has 0 saturated carbocycles. The molecule has 0 aliphatic rings. The zero-order chi connectivity index (χ0) is 16.9. The van der Waals surface area contributed by atoms with Gasteiger partial charge in [-0.25, -0.2) is 5.43 Å². The molecule has 0 bridgehead atoms. The molecule has 1 heterocycles. The monoisotopic (exact) mass is 323 g/mol. The topological polar surface area (TPSA) is 63.5 Å². The van der Waals surface area contributed by atoms with Crippen LogP contribution < -0.4 is 11.0 Å². The van der Waals surface area contributed by atoms with E-state index in [4.69, 9.17) is 0 Å². The number of hydrazone groups is 1. The van der Waals surface area contributed by atoms with E-state index in [1.165, 1.54) is 6.21 Å². The highest BCUT2D eigenvalue weighted by molar-refractivity contribution is 5.82. The first kappa shape index (κ1) is 16.5. The minimum Gasteiger partial charge on any atom is -0.305 e. The molecule has 0 aliphatic carbocycles. The normalized spacial score (nSPS) is 11.6. The molecule has 0 atom stereocenters. The number of hydrogen-bond acceptors (Lipinski definition) is 3. The molecule has 23 heavy (non-hydrogen) atoms. The Morgan fingerprint density at radius 3 is 2.52 bits per heavy atom. The van der Waals surface area contributed by atoms with E-state index < -0.39 is 29.8 Å². The maximum Gasteiger partial charge on any atom is 0.417 e. The van der Waals surface area contributed by atoms with Gasteiger partial charge in [-0.2, -0.15) is 18.3 Å². The third-order valence-corrected chi connectivity index (χ3v) is 2.83. The van der Waals surface area contributed by atoms with Gasteiger partial charge in [0.25, 0.3) is 11.5 Å². The number of rotatable bonds is 4. The Morgan fingerprint density at radius 1 is 1.17 bits per heavy atom. The minimum atomic E-state index is -4.59. The van der Waals surface area contributed by atoms with Gasteiger partial charge in [-0.3, -0.25) is 9.59 Å². The second-order valence-corrected chi connectivity index (χ2v) is 4.59. The number of benzene rings is 1. The van der Waals surface area contributed by atoms with Crippen LogP contribution in [0.1, 0.15) is 11.1 Å². The van der Waals surface area contributed by atoms with E-state index in [1.807, 2.05) is 6.07 Å². The third kappa shape index (κ3) is 4.80. The number of nitrogens with one attached hydrogen (secondary N) is 1. The molecule has 5 nitrogen and oxygen atoms in total. The fourth-order valence-electron chi connectivity index (χ4n) is 1.73. The molecule has 0 unspecified atom stereocenters. The highest BCUT2D eigenvalue weighted by Crippen LogP contribution is 2.27. The zero-order valence-electron chi connectivity index (χ0n) is 11.7. The number of amides is 1. The molecule has 0 fully saturated rings. The smallest absolute Gasteiger partial charge is 0.305 e. The van der Waals surface area contributed by atoms with Gasteiger partial charge in [-0.15, -0.1) is 0 Å². The lowest BCUT2D eigenvalue weighted by Crippen LogP contribution is -2.30. The molecule has 0 saturated heterocycles. The van der Waals surface area contributed by atoms with Gasteiger partial charge in [-0.1, -0.05) is 30.3 Å². The van der Waals surface area contributed by atoms with Crippen molar-refractivity contribution in [3.63, 3.8) is 0 Å². The second-order valence-electron chi connectivity index (χ2n) is 4.59. The predicted molar refractivity (Wildman–Crippen MR) is 77.9 cm³/mol. The summed E-state index contributed by atoms with van der Waals surface area (Å²) in [4.78, 5) is 23.2. The summed E-state index contributed by atoms with van der Waals surface area (Å²) in [6, 6.07) is 10.3. The Hall–Kier alpha value is -2.90. The van der Waals surface area contributed by atoms with Gasteiger partial charge in [0, 0.05) is 12.3 Å². The molecule has 120 valence electrons. The summed E-state index contributed by atoms with van der Waals surface area (Å²) in [7, 11) is 0. The number of hydrogen-bond donors (Lipinski definition) is 1. The first-order chi connectivity index (χ1) is 10.9. The van der Waals surface area contributed by atoms with Crippen molar-refractivity contribution in [2.45, 2.75) is 12.7 Å². The number of halogens is 3. The molecule has 0 radical (unpaired) electrons. The van der Waals surface area contributed by atoms with Crippen LogP contribution in [0.25, 0.3) is 0 Å². The first-order valence-corrected chi connectivity index (χ1v) is 6.51. The molecule has 1 N–H and O–H groups in total. The number of nitrogens with zero attached hydrogens (tertiary/aromatic N) is 2. The van der Waals surface area contributed by atoms with Crippen LogP contribution in [0.5, 0.6) is 0 Å². The second kappa shape index (κ2) is 6.91. The van der Waals surface area contributed by atoms with E-state index in [-0.39, 0.29) is 0 Å². The largest absolute Gasteiger partial charge is 0.417 e. The van der Waals surface area contributed by atoms with Crippen LogP contribution in [0.3, 0.4) is 0 Å². The Labute approximate surface area is 129 Å². The lowest BCUT2D eigenvalue weighted by atomic mass is 10.2. The summed E-state index contributed by atoms with van der Waals surface area (Å²) in [5.74, 6) is -0.710. The SMILES string of the molecule is O=C(Cn1cc(C(F)(F)F)ccc1=O)NN=Cc1ccccc1. The van der Waals surface area contributed by atoms with Crippen molar-refractivity contribution in [2.75, 3.05) is 0 Å². The van der Waals surface area contributed by atoms with E-state index >= 15 is 0 Å². The molecular weight excluding hydrogens is 311 g/mol. The lowest BCUT2D eigenvalue weighted by Gasteiger charge is -2.09. The van der Waals surface area contributed by atoms with Gasteiger partial charge < -0.3 is 4.57 Å². The standard InChI is InChI=1S/C15H12F3N3O2/c16-15(17,18)12-6-7-14(23)21(9-12)10-13(22)20-19-8-11-4-2-1-3-5-11/h1-9H,10H2,(H,20,22). The van der Waals surface area contributed by atoms with Crippen molar-refractivity contribution in [3.8, 4) is 0 Å². The summed E-state index contributed by atoms with van der Waals surface area (Å²) in [6.07, 6.45) is -2.60. The summed E-state index contributed by atoms with van der Waals surface area (Å²) in [5.41, 5.74) is 1.18. The van der Waals surface area contributed by atoms with Gasteiger partial charge in [-0.05, 0) is 11.6 Å². The average Bonchev–Trinajstić information content (AvgIpc) is 2.49. The zero-order valence-corrected chi connectivity index (χ0v) is 11.7. The summed E-state index contributed by atoms with van der Waals surface area (Å²) >= 11 is 0. The molecule has 0 spiro atoms. The summed E-state index contributed by atoms with van der Waals surface area (Å²) in [6.45, 7) is -0.561. The van der Waals surface area contributed by atoms with E-state index in [2.05, 4.69) is 10.5 Å². The molecule has 2 rings (SSSR count). The maximum absolute atomic E-state index is 12.6. The Kier molecular flexibility index (Phi) is 4.95. The average molecular weight is 323 g/mol. The van der Waals surface area contributed by atoms with E-state index in [0.717, 1.165) is 11.6 Å². The quantitative estimate of drug-likeness (QED) is 0.691. The number of alkyl halides is 3. The fourth-order valence-corrected chi connectivity index (χ4v) is 1.73. The van der Waals surface area contributed by atoms with Crippen LogP contribution in [0.15, 0.2) is 58.6 Å². The molecular formula is C15H12F3N3O2. The third-order valence-electron chi connectivity index (χ3n) is 2.83. The van der Waals surface area contributed by atoms with Crippen LogP contribution >= 0.6 is 0 Å². The highest BCUT2D eigenvalue weighted by atomic mass is 19.4. The fraction of sp³-hybridized carbons (Fsp3) is 0.133. The molecule has 1 aromatic heterocycles. The molecule has 8 heteroatoms. The predicted octanol–water partition coefficient (Wildman–Crippen LogP) is 2.02. The van der Waals surface area contributed by atoms with Crippen LogP contribution in [-0.4, -0.2) is 16.7 Å². The van der Waals surface area contributed by atoms with Crippen LogP contribution in [-0.2, 0) is 17.5 Å². The van der Waals surface area contributed by atoms with Crippen molar-refractivity contribution in [2.24, 2.45) is 5.10 Å². The van der Waals surface area contributed by atoms with Gasteiger partial charge in [0.05, 0.1) is 11.8 Å². The van der Waals surface area contributed by atoms with Crippen molar-refractivity contribution in [3.05, 3.63) is 70.1 Å². The van der Waals surface area contributed by atoms with Crippen molar-refractivity contribution in [1.29, 1.82) is 0 Å². The molecule has 1 amide bonds. The maximum atomic E-state index is 12.6. The van der Waals surface area contributed by atoms with E-state index in [0.29, 0.717) is 16.8 Å². The first-order valence-electron chi connectivity index (χ1n) is 6.51.